The standard InChI is InChI=1S/C138H90BN5/c1-10-36-91(37-11-1)97-62-66-101(67-63-97)120-84-109(96-46-20-6-21-47-96)85-121(102-68-64-98(65-69-102)92-38-12-2-13-39-92)137(120)143-132-76-71-104(107-79-105(93-40-14-3-15-41-93)78-106(80-107)94-42-16-4-17-43-94)86-125(132)139-124-74-72-113(142-129-61-35-31-57-117(129)123-89-112(73-77-131(123)142)141-126-58-32-28-54-114(126)115-55-29-33-59-127(115)141)90-133(124)144(138-118(99-48-22-7-23-49-99)82-108(95-44-18-5-19-45-95)83-119(138)100-50-24-8-25-51-100)135-88-110(87-134(143)136(135)139)103-70-75-130-122(81-103)116-56-30-34-60-128(116)140(130)111-52-26-9-27-53-111/h1-90H/i28D,29D,31D,32D,33D,35D,54D,55D,57D,58D,59D,61D,73D,77D,89D. The highest BCUT2D eigenvalue weighted by atomic mass is 15.2. The van der Waals surface area contributed by atoms with Crippen molar-refractivity contribution in [1.29, 1.82) is 0 Å². The van der Waals surface area contributed by atoms with Crippen LogP contribution in [-0.2, 0) is 0 Å². The Bertz CT molecular complexity index is 10200. The van der Waals surface area contributed by atoms with E-state index in [1.54, 1.807) is 4.57 Å². The van der Waals surface area contributed by atoms with Crippen molar-refractivity contribution in [1.82, 2.24) is 13.7 Å². The van der Waals surface area contributed by atoms with Crippen LogP contribution in [0.5, 0.6) is 0 Å². The number of benzene rings is 23. The summed E-state index contributed by atoms with van der Waals surface area (Å²) in [6.07, 6.45) is 0. The molecule has 0 aliphatic carbocycles. The first kappa shape index (κ1) is 69.0. The minimum atomic E-state index is -0.791. The average Bonchev–Trinajstić information content (AvgIpc) is 0.948. The van der Waals surface area contributed by atoms with Gasteiger partial charge in [0.05, 0.1) is 65.0 Å². The van der Waals surface area contributed by atoms with Crippen molar-refractivity contribution in [2.24, 2.45) is 0 Å². The first-order valence-electron chi connectivity index (χ1n) is 56.0. The first-order valence-corrected chi connectivity index (χ1v) is 48.5. The largest absolute Gasteiger partial charge is 0.310 e. The van der Waals surface area contributed by atoms with Crippen LogP contribution in [0.2, 0.25) is 0 Å². The summed E-state index contributed by atoms with van der Waals surface area (Å²) in [5.41, 5.74) is 31.3. The van der Waals surface area contributed by atoms with Crippen molar-refractivity contribution in [3.8, 4) is 151 Å². The van der Waals surface area contributed by atoms with E-state index in [1.165, 1.54) is 0 Å². The molecule has 0 unspecified atom stereocenters. The number of hydrogen-bond acceptors (Lipinski definition) is 2. The Hall–Kier alpha value is -18.9. The Labute approximate surface area is 857 Å². The normalized spacial score (nSPS) is 13.6. The Morgan fingerprint density at radius 2 is 0.493 bits per heavy atom. The molecule has 2 aliphatic rings. The molecule has 0 saturated heterocycles. The molecule has 0 atom stereocenters. The highest BCUT2D eigenvalue weighted by molar-refractivity contribution is 7.00. The predicted molar refractivity (Wildman–Crippen MR) is 609 cm³/mol. The van der Waals surface area contributed by atoms with Gasteiger partial charge in [-0.05, 0) is 267 Å². The van der Waals surface area contributed by atoms with E-state index in [0.29, 0.717) is 5.69 Å². The maximum absolute atomic E-state index is 11.1. The van der Waals surface area contributed by atoms with Crippen molar-refractivity contribution >= 4 is 123 Å². The van der Waals surface area contributed by atoms with Crippen LogP contribution in [0.3, 0.4) is 0 Å². The number of aromatic nitrogens is 3. The van der Waals surface area contributed by atoms with E-state index in [2.05, 4.69) is 409 Å². The number of rotatable bonds is 17. The Kier molecular flexibility index (Phi) is 16.6. The van der Waals surface area contributed by atoms with Gasteiger partial charge in [-0.25, -0.2) is 0 Å². The van der Waals surface area contributed by atoms with E-state index >= 15 is 0 Å². The Balaban J connectivity index is 0.819. The summed E-state index contributed by atoms with van der Waals surface area (Å²) < 4.78 is 154. The first-order chi connectivity index (χ1) is 77.7. The summed E-state index contributed by atoms with van der Waals surface area (Å²) in [6.45, 7) is -0.791. The molecule has 0 bridgehead atoms. The zero-order valence-electron chi connectivity index (χ0n) is 92.6. The van der Waals surface area contributed by atoms with Crippen LogP contribution in [0.25, 0.3) is 216 Å². The molecule has 0 spiro atoms. The number of fused-ring (bicyclic) bond motifs is 13. The van der Waals surface area contributed by atoms with Crippen molar-refractivity contribution in [3.05, 3.63) is 546 Å². The average molecular weight is 1840 g/mol. The number of hydrogen-bond donors (Lipinski definition) is 0. The van der Waals surface area contributed by atoms with Crippen LogP contribution >= 0.6 is 0 Å². The molecule has 5 heterocycles. The number of nitrogens with zero attached hydrogens (tertiary/aromatic N) is 5. The molecule has 2 aliphatic heterocycles. The topological polar surface area (TPSA) is 21.3 Å². The maximum Gasteiger partial charge on any atom is 0.252 e. The number of para-hydroxylation sites is 5. The molecule has 28 rings (SSSR count). The minimum absolute atomic E-state index is 0.177. The third-order valence-electron chi connectivity index (χ3n) is 28.9. The lowest BCUT2D eigenvalue weighted by atomic mass is 9.33. The van der Waals surface area contributed by atoms with Gasteiger partial charge in [-0.2, -0.15) is 0 Å². The third-order valence-corrected chi connectivity index (χ3v) is 28.9. The van der Waals surface area contributed by atoms with E-state index in [0.717, 1.165) is 210 Å². The lowest BCUT2D eigenvalue weighted by molar-refractivity contribution is 1.16. The molecule has 144 heavy (non-hydrogen) atoms. The van der Waals surface area contributed by atoms with Crippen LogP contribution in [0.15, 0.2) is 546 Å². The summed E-state index contributed by atoms with van der Waals surface area (Å²) in [5, 5.41) is 0.898. The van der Waals surface area contributed by atoms with E-state index < -0.39 is 114 Å². The van der Waals surface area contributed by atoms with Gasteiger partial charge >= 0.3 is 0 Å². The maximum atomic E-state index is 11.1. The molecule has 670 valence electrons. The lowest BCUT2D eigenvalue weighted by Gasteiger charge is -2.46. The van der Waals surface area contributed by atoms with Crippen molar-refractivity contribution in [2.45, 2.75) is 0 Å². The number of anilines is 6. The second-order valence-electron chi connectivity index (χ2n) is 37.0. The van der Waals surface area contributed by atoms with Crippen LogP contribution < -0.4 is 26.2 Å². The fourth-order valence-corrected chi connectivity index (χ4v) is 22.3. The smallest absolute Gasteiger partial charge is 0.252 e. The van der Waals surface area contributed by atoms with Crippen LogP contribution in [0.1, 0.15) is 20.6 Å². The van der Waals surface area contributed by atoms with Crippen LogP contribution in [0, 0.1) is 0 Å². The fourth-order valence-electron chi connectivity index (χ4n) is 22.3. The van der Waals surface area contributed by atoms with Gasteiger partial charge in [0.1, 0.15) is 0 Å². The molecule has 23 aromatic carbocycles. The third kappa shape index (κ3) is 14.1. The fraction of sp³-hybridized carbons (Fsp3) is 0. The van der Waals surface area contributed by atoms with Gasteiger partial charge in [0, 0.05) is 94.4 Å². The lowest BCUT2D eigenvalue weighted by Crippen LogP contribution is -2.61. The summed E-state index contributed by atoms with van der Waals surface area (Å²) in [5.74, 6) is 0. The van der Waals surface area contributed by atoms with Gasteiger partial charge in [-0.3, -0.25) is 0 Å². The Morgan fingerprint density at radius 3 is 0.965 bits per heavy atom. The highest BCUT2D eigenvalue weighted by Crippen LogP contribution is 2.57. The summed E-state index contributed by atoms with van der Waals surface area (Å²) >= 11 is 0. The molecule has 3 aromatic heterocycles. The monoisotopic (exact) mass is 1840 g/mol. The van der Waals surface area contributed by atoms with E-state index in [-0.39, 0.29) is 38.3 Å². The second kappa shape index (κ2) is 34.6. The van der Waals surface area contributed by atoms with E-state index in [4.69, 9.17) is 2.74 Å². The molecule has 5 nitrogen and oxygen atoms in total. The van der Waals surface area contributed by atoms with Crippen LogP contribution in [0.4, 0.5) is 34.1 Å². The van der Waals surface area contributed by atoms with E-state index in [1.807, 2.05) is 60.7 Å². The predicted octanol–water partition coefficient (Wildman–Crippen LogP) is 35.1. The summed E-state index contributed by atoms with van der Waals surface area (Å²) in [6, 6.07) is 151. The van der Waals surface area contributed by atoms with Gasteiger partial charge in [0.2, 0.25) is 0 Å². The minimum Gasteiger partial charge on any atom is -0.310 e. The Morgan fingerprint density at radius 1 is 0.167 bits per heavy atom. The molecule has 0 fully saturated rings. The van der Waals surface area contributed by atoms with Crippen molar-refractivity contribution in [3.63, 3.8) is 0 Å². The van der Waals surface area contributed by atoms with Crippen molar-refractivity contribution < 1.29 is 20.6 Å². The zero-order chi connectivity index (χ0) is 108. The van der Waals surface area contributed by atoms with E-state index in [9.17, 15) is 17.8 Å². The quantitative estimate of drug-likeness (QED) is 0.0848. The second-order valence-corrected chi connectivity index (χ2v) is 37.0. The molecule has 0 N–H and O–H groups in total. The van der Waals surface area contributed by atoms with Gasteiger partial charge < -0.3 is 23.5 Å². The van der Waals surface area contributed by atoms with Gasteiger partial charge in [-0.1, -0.05) is 406 Å². The zero-order valence-corrected chi connectivity index (χ0v) is 77.6. The highest BCUT2D eigenvalue weighted by Gasteiger charge is 2.47. The molecular weight excluding hydrogens is 1740 g/mol. The van der Waals surface area contributed by atoms with Gasteiger partial charge in [-0.15, -0.1) is 0 Å². The summed E-state index contributed by atoms with van der Waals surface area (Å²) in [7, 11) is 0. The van der Waals surface area contributed by atoms with Gasteiger partial charge in [0.15, 0.2) is 0 Å². The van der Waals surface area contributed by atoms with Gasteiger partial charge in [0.25, 0.3) is 6.71 Å². The SMILES string of the molecule is [2H]c1c([2H])c([2H])c2c(c1[2H])c1c([2H])c(-n3c4c([2H])c([2H])c([2H])c([2H])c4c4c([2H])c([2H])c([2H])c([2H])c43)c([2H])c([2H])c1n2-c1ccc2c(c1)N(c1c(-c3ccccc3)cc(-c3ccccc3)cc1-c1ccccc1)c1cc(-c3ccc4c(c3)c3ccccc3n4-c3ccccc3)cc3c1B2c1cc(-c2cc(-c4ccccc4)cc(-c4ccccc4)c2)ccc1N3c1c(-c2ccc(-c3ccccc3)cc2)cc(-c2ccccc2)cc1-c1ccc(-c2ccccc2)cc1. The summed E-state index contributed by atoms with van der Waals surface area (Å²) in [4.78, 5) is 4.97. The molecule has 26 aromatic rings. The molecule has 0 radical (unpaired) electrons. The molecule has 0 saturated carbocycles. The van der Waals surface area contributed by atoms with Crippen LogP contribution in [-0.4, -0.2) is 20.4 Å². The molecular formula is C138H90BN5. The molecule has 0 amide bonds. The molecule has 6 heteroatoms. The van der Waals surface area contributed by atoms with Crippen molar-refractivity contribution in [2.75, 3.05) is 9.80 Å².